The van der Waals surface area contributed by atoms with E-state index in [0.717, 1.165) is 0 Å². The van der Waals surface area contributed by atoms with Gasteiger partial charge in [0.05, 0.1) is 24.3 Å². The van der Waals surface area contributed by atoms with Gasteiger partial charge in [-0.15, -0.1) is 0 Å². The van der Waals surface area contributed by atoms with E-state index in [2.05, 4.69) is 15.9 Å². The van der Waals surface area contributed by atoms with E-state index < -0.39 is 11.4 Å². The number of rotatable bonds is 1. The van der Waals surface area contributed by atoms with Gasteiger partial charge in [0.1, 0.15) is 5.82 Å². The van der Waals surface area contributed by atoms with Crippen molar-refractivity contribution in [2.24, 2.45) is 0 Å². The maximum atomic E-state index is 13.0. The second kappa shape index (κ2) is 3.82. The van der Waals surface area contributed by atoms with E-state index in [-0.39, 0.29) is 24.6 Å². The first kappa shape index (κ1) is 11.5. The van der Waals surface area contributed by atoms with Crippen LogP contribution in [0.5, 0.6) is 0 Å². The molecule has 1 aliphatic heterocycles. The Balaban J connectivity index is 2.19. The standard InChI is InChI=1S/C11H11BrFNO2/c1-11(16)5-14(6-11)10(15)8-4-7(13)2-3-9(8)12/h2-4,16H,5-6H2,1H3. The zero-order valence-corrected chi connectivity index (χ0v) is 10.3. The molecule has 0 unspecified atom stereocenters. The van der Waals surface area contributed by atoms with Crippen LogP contribution < -0.4 is 0 Å². The number of carbonyl (C=O) groups excluding carboxylic acids is 1. The summed E-state index contributed by atoms with van der Waals surface area (Å²) in [7, 11) is 0. The summed E-state index contributed by atoms with van der Waals surface area (Å²) in [6.45, 7) is 2.24. The van der Waals surface area contributed by atoms with Crippen LogP contribution in [0, 0.1) is 5.82 Å². The molecule has 0 spiro atoms. The van der Waals surface area contributed by atoms with Crippen LogP contribution in [0.4, 0.5) is 4.39 Å². The molecule has 1 saturated heterocycles. The summed E-state index contributed by atoms with van der Waals surface area (Å²) in [4.78, 5) is 13.4. The number of likely N-dealkylation sites (tertiary alicyclic amines) is 1. The van der Waals surface area contributed by atoms with Gasteiger partial charge in [0.25, 0.3) is 5.91 Å². The van der Waals surface area contributed by atoms with Crippen molar-refractivity contribution in [1.29, 1.82) is 0 Å². The van der Waals surface area contributed by atoms with Crippen molar-refractivity contribution in [2.45, 2.75) is 12.5 Å². The third kappa shape index (κ3) is 2.10. The van der Waals surface area contributed by atoms with Crippen LogP contribution in [0.3, 0.4) is 0 Å². The van der Waals surface area contributed by atoms with E-state index in [1.54, 1.807) is 6.92 Å². The molecule has 3 nitrogen and oxygen atoms in total. The molecule has 1 amide bonds. The summed E-state index contributed by atoms with van der Waals surface area (Å²) in [6.07, 6.45) is 0. The molecular weight excluding hydrogens is 277 g/mol. The molecule has 0 aliphatic carbocycles. The average Bonchev–Trinajstić information content (AvgIpc) is 2.17. The number of β-amino-alcohol motifs (C(OH)–C–C–N with tert-alkyl or cyclic N) is 1. The number of nitrogens with zero attached hydrogens (tertiary/aromatic N) is 1. The van der Waals surface area contributed by atoms with Crippen molar-refractivity contribution in [1.82, 2.24) is 4.90 Å². The van der Waals surface area contributed by atoms with Gasteiger partial charge in [-0.3, -0.25) is 4.79 Å². The minimum atomic E-state index is -0.810. The molecule has 2 rings (SSSR count). The number of benzene rings is 1. The van der Waals surface area contributed by atoms with Gasteiger partial charge < -0.3 is 10.0 Å². The van der Waals surface area contributed by atoms with Gasteiger partial charge in [-0.1, -0.05) is 0 Å². The normalized spacial score (nSPS) is 18.1. The molecule has 1 N–H and O–H groups in total. The Morgan fingerprint density at radius 2 is 2.19 bits per heavy atom. The van der Waals surface area contributed by atoms with Crippen LogP contribution in [0.2, 0.25) is 0 Å². The van der Waals surface area contributed by atoms with Crippen molar-refractivity contribution in [3.05, 3.63) is 34.1 Å². The molecular formula is C11H11BrFNO2. The molecule has 1 aromatic carbocycles. The van der Waals surface area contributed by atoms with Gasteiger partial charge >= 0.3 is 0 Å². The minimum absolute atomic E-state index is 0.266. The molecule has 1 heterocycles. The maximum absolute atomic E-state index is 13.0. The largest absolute Gasteiger partial charge is 0.386 e. The summed E-state index contributed by atoms with van der Waals surface area (Å²) in [5.74, 6) is -0.711. The molecule has 16 heavy (non-hydrogen) atoms. The van der Waals surface area contributed by atoms with Crippen molar-refractivity contribution >= 4 is 21.8 Å². The fourth-order valence-corrected chi connectivity index (χ4v) is 2.17. The Bertz CT molecular complexity index is 440. The number of carbonyl (C=O) groups is 1. The lowest BCUT2D eigenvalue weighted by Gasteiger charge is -2.44. The number of hydrogen-bond acceptors (Lipinski definition) is 2. The highest BCUT2D eigenvalue weighted by Gasteiger charge is 2.40. The Labute approximate surface area is 101 Å². The van der Waals surface area contributed by atoms with Gasteiger partial charge in [0.2, 0.25) is 0 Å². The third-order valence-electron chi connectivity index (χ3n) is 2.51. The lowest BCUT2D eigenvalue weighted by atomic mass is 9.96. The number of hydrogen-bond donors (Lipinski definition) is 1. The molecule has 0 aromatic heterocycles. The highest BCUT2D eigenvalue weighted by atomic mass is 79.9. The smallest absolute Gasteiger partial charge is 0.255 e. The third-order valence-corrected chi connectivity index (χ3v) is 3.20. The van der Waals surface area contributed by atoms with Gasteiger partial charge in [-0.25, -0.2) is 4.39 Å². The topological polar surface area (TPSA) is 40.5 Å². The first-order valence-corrected chi connectivity index (χ1v) is 5.65. The predicted molar refractivity (Wildman–Crippen MR) is 60.6 cm³/mol. The summed E-state index contributed by atoms with van der Waals surface area (Å²) in [5, 5.41) is 9.52. The van der Waals surface area contributed by atoms with Crippen molar-refractivity contribution in [3.8, 4) is 0 Å². The first-order valence-electron chi connectivity index (χ1n) is 4.86. The zero-order chi connectivity index (χ0) is 11.9. The van der Waals surface area contributed by atoms with Gasteiger partial charge in [0, 0.05) is 4.47 Å². The van der Waals surface area contributed by atoms with Crippen LogP contribution in [0.15, 0.2) is 22.7 Å². The van der Waals surface area contributed by atoms with Gasteiger partial charge in [-0.05, 0) is 41.1 Å². The van der Waals surface area contributed by atoms with E-state index in [0.29, 0.717) is 4.47 Å². The van der Waals surface area contributed by atoms with Crippen molar-refractivity contribution < 1.29 is 14.3 Å². The maximum Gasteiger partial charge on any atom is 0.255 e. The van der Waals surface area contributed by atoms with E-state index in [9.17, 15) is 14.3 Å². The summed E-state index contributed by atoms with van der Waals surface area (Å²) >= 11 is 3.20. The summed E-state index contributed by atoms with van der Waals surface area (Å²) in [6, 6.07) is 3.98. The van der Waals surface area contributed by atoms with Crippen LogP contribution in [-0.4, -0.2) is 34.6 Å². The van der Waals surface area contributed by atoms with Gasteiger partial charge in [-0.2, -0.15) is 0 Å². The molecule has 1 fully saturated rings. The Morgan fingerprint density at radius 3 is 2.75 bits per heavy atom. The van der Waals surface area contributed by atoms with Gasteiger partial charge in [0.15, 0.2) is 0 Å². The molecule has 0 radical (unpaired) electrons. The lowest BCUT2D eigenvalue weighted by molar-refractivity contribution is -0.0669. The molecule has 1 aromatic rings. The second-order valence-electron chi connectivity index (χ2n) is 4.28. The average molecular weight is 288 g/mol. The highest BCUT2D eigenvalue weighted by Crippen LogP contribution is 2.25. The van der Waals surface area contributed by atoms with Crippen LogP contribution >= 0.6 is 15.9 Å². The molecule has 1 aliphatic rings. The SMILES string of the molecule is CC1(O)CN(C(=O)c2cc(F)ccc2Br)C1. The minimum Gasteiger partial charge on any atom is -0.386 e. The molecule has 0 bridgehead atoms. The van der Waals surface area contributed by atoms with Crippen molar-refractivity contribution in [2.75, 3.05) is 13.1 Å². The molecule has 0 atom stereocenters. The number of amides is 1. The van der Waals surface area contributed by atoms with Crippen LogP contribution in [-0.2, 0) is 0 Å². The summed E-state index contributed by atoms with van der Waals surface area (Å²) in [5.41, 5.74) is -0.523. The van der Waals surface area contributed by atoms with E-state index in [1.807, 2.05) is 0 Å². The Kier molecular flexibility index (Phi) is 2.75. The second-order valence-corrected chi connectivity index (χ2v) is 5.14. The highest BCUT2D eigenvalue weighted by molar-refractivity contribution is 9.10. The van der Waals surface area contributed by atoms with E-state index in [4.69, 9.17) is 0 Å². The lowest BCUT2D eigenvalue weighted by Crippen LogP contribution is -2.61. The molecule has 0 saturated carbocycles. The fourth-order valence-electron chi connectivity index (χ4n) is 1.75. The summed E-state index contributed by atoms with van der Waals surface area (Å²) < 4.78 is 13.6. The zero-order valence-electron chi connectivity index (χ0n) is 8.70. The Morgan fingerprint density at radius 1 is 1.56 bits per heavy atom. The quantitative estimate of drug-likeness (QED) is 0.856. The van der Waals surface area contributed by atoms with E-state index in [1.165, 1.54) is 23.1 Å². The predicted octanol–water partition coefficient (Wildman–Crippen LogP) is 1.80. The first-order chi connectivity index (χ1) is 7.39. The fraction of sp³-hybridized carbons (Fsp3) is 0.364. The van der Waals surface area contributed by atoms with E-state index >= 15 is 0 Å². The van der Waals surface area contributed by atoms with Crippen LogP contribution in [0.25, 0.3) is 0 Å². The Hall–Kier alpha value is -0.940. The monoisotopic (exact) mass is 287 g/mol. The molecule has 86 valence electrons. The van der Waals surface area contributed by atoms with Crippen LogP contribution in [0.1, 0.15) is 17.3 Å². The molecule has 5 heteroatoms. The number of halogens is 2. The number of aliphatic hydroxyl groups is 1. The van der Waals surface area contributed by atoms with Crippen molar-refractivity contribution in [3.63, 3.8) is 0 Å².